The number of carbonyl (C=O) groups is 1. The van der Waals surface area contributed by atoms with Crippen molar-refractivity contribution in [2.24, 2.45) is 12.0 Å². The lowest BCUT2D eigenvalue weighted by atomic mass is 9.92. The number of benzene rings is 1. The van der Waals surface area contributed by atoms with Crippen molar-refractivity contribution in [2.75, 3.05) is 13.7 Å². The quantitative estimate of drug-likeness (QED) is 0.750. The number of methoxy groups -OCH3 is 1. The highest BCUT2D eigenvalue weighted by atomic mass is 35.5. The molecular formula is C21H27ClFN3O3. The van der Waals surface area contributed by atoms with Gasteiger partial charge in [0.05, 0.1) is 30.3 Å². The van der Waals surface area contributed by atoms with Crippen molar-refractivity contribution in [3.05, 3.63) is 45.8 Å². The second-order valence-electron chi connectivity index (χ2n) is 8.26. The van der Waals surface area contributed by atoms with Crippen LogP contribution in [0.25, 0.3) is 0 Å². The van der Waals surface area contributed by atoms with Crippen molar-refractivity contribution in [2.45, 2.75) is 51.7 Å². The summed E-state index contributed by atoms with van der Waals surface area (Å²) in [5, 5.41) is -0.110. The van der Waals surface area contributed by atoms with Crippen LogP contribution in [0.3, 0.4) is 0 Å². The number of halogens is 2. The Balaban J connectivity index is 2.10. The van der Waals surface area contributed by atoms with Crippen molar-refractivity contribution in [1.29, 1.82) is 0 Å². The topological polar surface area (TPSA) is 57.8 Å². The Morgan fingerprint density at radius 1 is 1.38 bits per heavy atom. The molecule has 0 spiro atoms. The van der Waals surface area contributed by atoms with E-state index < -0.39 is 11.7 Å². The van der Waals surface area contributed by atoms with Gasteiger partial charge in [0.1, 0.15) is 11.6 Å². The molecule has 2 aromatic rings. The van der Waals surface area contributed by atoms with E-state index in [0.29, 0.717) is 12.0 Å². The molecule has 1 atom stereocenters. The Labute approximate surface area is 174 Å². The maximum Gasteiger partial charge on any atom is 0.282 e. The van der Waals surface area contributed by atoms with Crippen molar-refractivity contribution in [1.82, 2.24) is 9.36 Å². The van der Waals surface area contributed by atoms with Crippen LogP contribution in [0.2, 0.25) is 5.02 Å². The minimum atomic E-state index is -0.693. The van der Waals surface area contributed by atoms with Crippen molar-refractivity contribution < 1.29 is 18.7 Å². The van der Waals surface area contributed by atoms with Crippen molar-refractivity contribution in [3.63, 3.8) is 0 Å². The van der Waals surface area contributed by atoms with Crippen LogP contribution in [0.5, 0.6) is 5.75 Å². The molecule has 8 heteroatoms. The second kappa shape index (κ2) is 8.32. The molecule has 158 valence electrons. The van der Waals surface area contributed by atoms with Crippen LogP contribution < -0.4 is 10.2 Å². The predicted octanol–water partition coefficient (Wildman–Crippen LogP) is 3.85. The van der Waals surface area contributed by atoms with Gasteiger partial charge in [0, 0.05) is 36.9 Å². The summed E-state index contributed by atoms with van der Waals surface area (Å²) >= 11 is 5.81. The van der Waals surface area contributed by atoms with Gasteiger partial charge in [-0.15, -0.1) is 0 Å². The number of aromatic nitrogens is 2. The van der Waals surface area contributed by atoms with Gasteiger partial charge < -0.3 is 9.47 Å². The van der Waals surface area contributed by atoms with E-state index in [0.717, 1.165) is 31.2 Å². The molecule has 0 saturated carbocycles. The van der Waals surface area contributed by atoms with Crippen molar-refractivity contribution >= 4 is 17.5 Å². The van der Waals surface area contributed by atoms with Gasteiger partial charge in [-0.3, -0.25) is 14.2 Å². The highest BCUT2D eigenvalue weighted by Crippen LogP contribution is 2.27. The van der Waals surface area contributed by atoms with Crippen LogP contribution in [-0.4, -0.2) is 35.1 Å². The van der Waals surface area contributed by atoms with E-state index in [2.05, 4.69) is 25.8 Å². The van der Waals surface area contributed by atoms with E-state index >= 15 is 0 Å². The van der Waals surface area contributed by atoms with Crippen LogP contribution in [0.15, 0.2) is 23.2 Å². The maximum atomic E-state index is 14.0. The van der Waals surface area contributed by atoms with Gasteiger partial charge in [0.2, 0.25) is 0 Å². The zero-order chi connectivity index (χ0) is 21.3. The van der Waals surface area contributed by atoms with Crippen LogP contribution in [0, 0.1) is 5.82 Å². The molecule has 29 heavy (non-hydrogen) atoms. The summed E-state index contributed by atoms with van der Waals surface area (Å²) in [7, 11) is 3.35. The smallest absolute Gasteiger partial charge is 0.282 e. The summed E-state index contributed by atoms with van der Waals surface area (Å²) in [6, 6.07) is 4.24. The van der Waals surface area contributed by atoms with E-state index in [9.17, 15) is 9.18 Å². The number of carbonyl (C=O) groups excluding carboxylic acids is 1. The fraction of sp³-hybridized carbons (Fsp3) is 0.524. The van der Waals surface area contributed by atoms with E-state index in [1.165, 1.54) is 13.2 Å². The lowest BCUT2D eigenvalue weighted by Gasteiger charge is -2.21. The largest absolute Gasteiger partial charge is 0.496 e. The third-order valence-corrected chi connectivity index (χ3v) is 5.39. The van der Waals surface area contributed by atoms with Gasteiger partial charge in [-0.2, -0.15) is 4.99 Å². The SMILES string of the molecule is COc1cc(Cl)c(F)cc1C(=O)/N=c1/cc(C(C)(C)C)n(C)n1C[C@H]1CCCO1. The average molecular weight is 424 g/mol. The fourth-order valence-corrected chi connectivity index (χ4v) is 3.75. The van der Waals surface area contributed by atoms with Gasteiger partial charge in [-0.1, -0.05) is 32.4 Å². The molecule has 1 amide bonds. The minimum absolute atomic E-state index is 0.0271. The zero-order valence-corrected chi connectivity index (χ0v) is 18.2. The molecule has 1 aliphatic rings. The molecule has 0 aliphatic carbocycles. The predicted molar refractivity (Wildman–Crippen MR) is 109 cm³/mol. The highest BCUT2D eigenvalue weighted by Gasteiger charge is 2.24. The first-order valence-electron chi connectivity index (χ1n) is 9.63. The Bertz CT molecular complexity index is 982. The molecule has 1 aromatic heterocycles. The number of ether oxygens (including phenoxy) is 2. The first-order chi connectivity index (χ1) is 13.6. The van der Waals surface area contributed by atoms with E-state index in [4.69, 9.17) is 21.1 Å². The van der Waals surface area contributed by atoms with Crippen LogP contribution in [0.4, 0.5) is 4.39 Å². The van der Waals surface area contributed by atoms with Gasteiger partial charge in [0.15, 0.2) is 5.49 Å². The first-order valence-corrected chi connectivity index (χ1v) is 10.0. The van der Waals surface area contributed by atoms with E-state index in [-0.39, 0.29) is 27.9 Å². The minimum Gasteiger partial charge on any atom is -0.496 e. The molecule has 3 rings (SSSR count). The number of rotatable bonds is 4. The number of hydrogen-bond acceptors (Lipinski definition) is 3. The third-order valence-electron chi connectivity index (χ3n) is 5.10. The van der Waals surface area contributed by atoms with Gasteiger partial charge in [0.25, 0.3) is 5.91 Å². The average Bonchev–Trinajstić information content (AvgIpc) is 3.26. The summed E-state index contributed by atoms with van der Waals surface area (Å²) < 4.78 is 28.9. The summed E-state index contributed by atoms with van der Waals surface area (Å²) in [6.07, 6.45) is 2.06. The molecule has 1 aliphatic heterocycles. The van der Waals surface area contributed by atoms with Gasteiger partial charge in [-0.05, 0) is 18.9 Å². The van der Waals surface area contributed by atoms with Gasteiger partial charge >= 0.3 is 0 Å². The Hall–Kier alpha value is -2.12. The maximum absolute atomic E-state index is 14.0. The molecule has 0 unspecified atom stereocenters. The molecular weight excluding hydrogens is 397 g/mol. The normalized spacial score (nSPS) is 17.8. The lowest BCUT2D eigenvalue weighted by molar-refractivity contribution is 0.0885. The summed E-state index contributed by atoms with van der Waals surface area (Å²) in [4.78, 5) is 17.2. The molecule has 1 fully saturated rings. The molecule has 1 aromatic carbocycles. The number of amides is 1. The zero-order valence-electron chi connectivity index (χ0n) is 17.5. The molecule has 0 bridgehead atoms. The molecule has 2 heterocycles. The van der Waals surface area contributed by atoms with E-state index in [1.807, 2.05) is 22.5 Å². The van der Waals surface area contributed by atoms with Crippen molar-refractivity contribution in [3.8, 4) is 5.75 Å². The Morgan fingerprint density at radius 2 is 2.10 bits per heavy atom. The molecule has 6 nitrogen and oxygen atoms in total. The second-order valence-corrected chi connectivity index (χ2v) is 8.67. The Morgan fingerprint density at radius 3 is 2.69 bits per heavy atom. The fourth-order valence-electron chi connectivity index (χ4n) is 3.59. The summed E-state index contributed by atoms with van der Waals surface area (Å²) in [5.74, 6) is -1.10. The first kappa shape index (κ1) is 21.6. The number of hydrogen-bond donors (Lipinski definition) is 0. The monoisotopic (exact) mass is 423 g/mol. The Kier molecular flexibility index (Phi) is 6.19. The van der Waals surface area contributed by atoms with Crippen LogP contribution in [-0.2, 0) is 23.7 Å². The number of nitrogens with zero attached hydrogens (tertiary/aromatic N) is 3. The highest BCUT2D eigenvalue weighted by molar-refractivity contribution is 6.31. The molecule has 0 N–H and O–H groups in total. The summed E-state index contributed by atoms with van der Waals surface area (Å²) in [6.45, 7) is 7.63. The van der Waals surface area contributed by atoms with Gasteiger partial charge in [-0.25, -0.2) is 4.39 Å². The van der Waals surface area contributed by atoms with Crippen LogP contribution >= 0.6 is 11.6 Å². The van der Waals surface area contributed by atoms with E-state index in [1.54, 1.807) is 0 Å². The molecule has 1 saturated heterocycles. The summed E-state index contributed by atoms with van der Waals surface area (Å²) in [5.41, 5.74) is 1.40. The molecule has 0 radical (unpaired) electrons. The third kappa shape index (κ3) is 4.56. The lowest BCUT2D eigenvalue weighted by Crippen LogP contribution is -2.30. The van der Waals surface area contributed by atoms with Crippen LogP contribution in [0.1, 0.15) is 49.7 Å². The standard InChI is InChI=1S/C21H27ClFN3O3/c1-21(2,3)18-11-19(26(25(18)4)12-13-7-6-8-29-13)24-20(27)14-9-16(23)15(22)10-17(14)28-5/h9-11,13H,6-8,12H2,1-5H3/b24-19-/t13-/m1/s1.